The summed E-state index contributed by atoms with van der Waals surface area (Å²) in [5.74, 6) is 1.14. The van der Waals surface area contributed by atoms with Gasteiger partial charge in [0.2, 0.25) is 11.9 Å². The lowest BCUT2D eigenvalue weighted by atomic mass is 10.0. The summed E-state index contributed by atoms with van der Waals surface area (Å²) in [5, 5.41) is 15.8. The molecule has 0 unspecified atom stereocenters. The molecule has 0 aliphatic carbocycles. The van der Waals surface area contributed by atoms with Gasteiger partial charge in [0.25, 0.3) is 5.56 Å². The molecule has 0 spiro atoms. The molecule has 29 heavy (non-hydrogen) atoms. The number of phenolic OH excluding ortho intramolecular Hbond substituents is 1. The summed E-state index contributed by atoms with van der Waals surface area (Å²) in [6, 6.07) is 12.8. The number of anilines is 1. The Hall–Kier alpha value is -3.39. The Bertz CT molecular complexity index is 1180. The second-order valence-corrected chi connectivity index (χ2v) is 7.20. The van der Waals surface area contributed by atoms with Gasteiger partial charge in [-0.25, -0.2) is 9.98 Å². The molecule has 2 aliphatic heterocycles. The zero-order valence-electron chi connectivity index (χ0n) is 16.0. The molecule has 0 bridgehead atoms. The van der Waals surface area contributed by atoms with Gasteiger partial charge in [-0.05, 0) is 23.8 Å². The molecule has 1 aromatic heterocycles. The molecule has 2 N–H and O–H groups in total. The number of phenols is 1. The van der Waals surface area contributed by atoms with E-state index in [-0.39, 0.29) is 11.3 Å². The molecule has 2 aromatic carbocycles. The molecular formula is C21H21N5O3. The molecule has 8 nitrogen and oxygen atoms in total. The monoisotopic (exact) mass is 391 g/mol. The number of aliphatic imine (C=N–C) groups is 1. The number of hydrogen-bond acceptors (Lipinski definition) is 7. The van der Waals surface area contributed by atoms with Crippen LogP contribution in [0.4, 0.5) is 5.95 Å². The highest BCUT2D eigenvalue weighted by atomic mass is 16.5. The van der Waals surface area contributed by atoms with Gasteiger partial charge in [0.15, 0.2) is 6.17 Å². The van der Waals surface area contributed by atoms with Gasteiger partial charge in [-0.3, -0.25) is 14.7 Å². The van der Waals surface area contributed by atoms with Crippen LogP contribution in [0.15, 0.2) is 52.3 Å². The van der Waals surface area contributed by atoms with Gasteiger partial charge in [0.1, 0.15) is 5.75 Å². The lowest BCUT2D eigenvalue weighted by Gasteiger charge is -2.35. The SMILES string of the molecule is Cc1cc(=O)n2c(n1)NC(N1CCOCC1)=N[C@H]2c1c(O)ccc2ccccc12. The van der Waals surface area contributed by atoms with Crippen molar-refractivity contribution < 1.29 is 9.84 Å². The molecule has 148 valence electrons. The fourth-order valence-electron chi connectivity index (χ4n) is 3.92. The van der Waals surface area contributed by atoms with Gasteiger partial charge in [-0.2, -0.15) is 0 Å². The zero-order chi connectivity index (χ0) is 20.0. The number of aryl methyl sites for hydroxylation is 1. The van der Waals surface area contributed by atoms with Gasteiger partial charge in [0, 0.05) is 30.4 Å². The Morgan fingerprint density at radius 1 is 1.17 bits per heavy atom. The van der Waals surface area contributed by atoms with Crippen molar-refractivity contribution >= 4 is 22.7 Å². The number of nitrogens with one attached hydrogen (secondary N) is 1. The van der Waals surface area contributed by atoms with E-state index < -0.39 is 6.17 Å². The van der Waals surface area contributed by atoms with E-state index >= 15 is 0 Å². The number of nitrogens with zero attached hydrogens (tertiary/aromatic N) is 4. The van der Waals surface area contributed by atoms with E-state index in [1.807, 2.05) is 30.3 Å². The zero-order valence-corrected chi connectivity index (χ0v) is 16.0. The molecule has 0 radical (unpaired) electrons. The number of rotatable bonds is 1. The van der Waals surface area contributed by atoms with Gasteiger partial charge >= 0.3 is 0 Å². The van der Waals surface area contributed by atoms with Crippen LogP contribution < -0.4 is 10.9 Å². The van der Waals surface area contributed by atoms with Crippen molar-refractivity contribution in [2.24, 2.45) is 4.99 Å². The Balaban J connectivity index is 1.75. The Morgan fingerprint density at radius 2 is 1.97 bits per heavy atom. The number of aromatic nitrogens is 2. The van der Waals surface area contributed by atoms with Crippen molar-refractivity contribution in [3.05, 3.63) is 64.1 Å². The standard InChI is InChI=1S/C21H21N5O3/c1-13-12-17(28)26-19(18-15-5-3-2-4-14(15)6-7-16(18)27)23-20(24-21(26)22-13)25-8-10-29-11-9-25/h2-7,12,19,27H,8-11H2,1H3,(H,22,23,24)/t19-/m1/s1. The second-order valence-electron chi connectivity index (χ2n) is 7.20. The van der Waals surface area contributed by atoms with Crippen LogP contribution in [0.1, 0.15) is 17.4 Å². The Kier molecular flexibility index (Phi) is 4.21. The Labute approximate surface area is 167 Å². The number of fused-ring (bicyclic) bond motifs is 2. The quantitative estimate of drug-likeness (QED) is 0.660. The van der Waals surface area contributed by atoms with Gasteiger partial charge in [-0.1, -0.05) is 30.3 Å². The first kappa shape index (κ1) is 17.7. The Morgan fingerprint density at radius 3 is 2.79 bits per heavy atom. The molecule has 8 heteroatoms. The third-order valence-electron chi connectivity index (χ3n) is 5.31. The topological polar surface area (TPSA) is 92.0 Å². The third-order valence-corrected chi connectivity index (χ3v) is 5.31. The maximum Gasteiger partial charge on any atom is 0.257 e. The van der Waals surface area contributed by atoms with E-state index in [4.69, 9.17) is 9.73 Å². The highest BCUT2D eigenvalue weighted by Crippen LogP contribution is 2.37. The lowest BCUT2D eigenvalue weighted by molar-refractivity contribution is 0.0675. The minimum Gasteiger partial charge on any atom is -0.507 e. The molecule has 3 heterocycles. The van der Waals surface area contributed by atoms with E-state index in [1.54, 1.807) is 13.0 Å². The van der Waals surface area contributed by atoms with E-state index in [0.717, 1.165) is 10.8 Å². The van der Waals surface area contributed by atoms with Gasteiger partial charge in [0.05, 0.1) is 13.2 Å². The molecule has 1 atom stereocenters. The van der Waals surface area contributed by atoms with Crippen molar-refractivity contribution in [1.29, 1.82) is 0 Å². The minimum absolute atomic E-state index is 0.0964. The van der Waals surface area contributed by atoms with Gasteiger partial charge in [-0.15, -0.1) is 0 Å². The fourth-order valence-corrected chi connectivity index (χ4v) is 3.92. The molecule has 1 saturated heterocycles. The summed E-state index contributed by atoms with van der Waals surface area (Å²) < 4.78 is 6.95. The highest BCUT2D eigenvalue weighted by molar-refractivity contribution is 5.95. The number of morpholine rings is 1. The molecular weight excluding hydrogens is 370 g/mol. The summed E-state index contributed by atoms with van der Waals surface area (Å²) in [5.41, 5.74) is 0.990. The summed E-state index contributed by atoms with van der Waals surface area (Å²) >= 11 is 0. The number of guanidine groups is 1. The molecule has 1 fully saturated rings. The van der Waals surface area contributed by atoms with E-state index in [1.165, 1.54) is 10.6 Å². The summed E-state index contributed by atoms with van der Waals surface area (Å²) in [6.45, 7) is 4.39. The van der Waals surface area contributed by atoms with Crippen molar-refractivity contribution in [2.45, 2.75) is 13.1 Å². The largest absolute Gasteiger partial charge is 0.507 e. The number of aromatic hydroxyl groups is 1. The van der Waals surface area contributed by atoms with Crippen LogP contribution in [-0.4, -0.2) is 51.8 Å². The maximum atomic E-state index is 12.9. The summed E-state index contributed by atoms with van der Waals surface area (Å²) in [7, 11) is 0. The van der Waals surface area contributed by atoms with Crippen molar-refractivity contribution in [1.82, 2.24) is 14.5 Å². The van der Waals surface area contributed by atoms with Crippen LogP contribution in [0.2, 0.25) is 0 Å². The lowest BCUT2D eigenvalue weighted by Crippen LogP contribution is -2.47. The first-order chi connectivity index (χ1) is 14.1. The molecule has 5 rings (SSSR count). The average Bonchev–Trinajstić information content (AvgIpc) is 2.73. The predicted molar refractivity (Wildman–Crippen MR) is 110 cm³/mol. The van der Waals surface area contributed by atoms with Crippen LogP contribution in [0, 0.1) is 6.92 Å². The molecule has 2 aliphatic rings. The number of benzene rings is 2. The maximum absolute atomic E-state index is 12.9. The summed E-state index contributed by atoms with van der Waals surface area (Å²) in [6.07, 6.45) is -0.726. The fraction of sp³-hybridized carbons (Fsp3) is 0.286. The van der Waals surface area contributed by atoms with E-state index in [0.29, 0.717) is 49.5 Å². The smallest absolute Gasteiger partial charge is 0.257 e. The molecule has 0 saturated carbocycles. The second kappa shape index (κ2) is 6.89. The normalized spacial score (nSPS) is 18.9. The van der Waals surface area contributed by atoms with Crippen molar-refractivity contribution in [3.8, 4) is 5.75 Å². The molecule has 3 aromatic rings. The van der Waals surface area contributed by atoms with Crippen LogP contribution in [0.5, 0.6) is 5.75 Å². The third kappa shape index (κ3) is 3.01. The van der Waals surface area contributed by atoms with E-state index in [9.17, 15) is 9.90 Å². The van der Waals surface area contributed by atoms with Gasteiger partial charge < -0.3 is 14.7 Å². The average molecular weight is 391 g/mol. The number of ether oxygens (including phenoxy) is 1. The first-order valence-corrected chi connectivity index (χ1v) is 9.60. The van der Waals surface area contributed by atoms with Crippen LogP contribution in [0.3, 0.4) is 0 Å². The first-order valence-electron chi connectivity index (χ1n) is 9.60. The van der Waals surface area contributed by atoms with Crippen LogP contribution >= 0.6 is 0 Å². The van der Waals surface area contributed by atoms with E-state index in [2.05, 4.69) is 15.2 Å². The van der Waals surface area contributed by atoms with Crippen molar-refractivity contribution in [2.75, 3.05) is 31.6 Å². The summed E-state index contributed by atoms with van der Waals surface area (Å²) in [4.78, 5) is 24.4. The van der Waals surface area contributed by atoms with Crippen LogP contribution in [-0.2, 0) is 4.74 Å². The highest BCUT2D eigenvalue weighted by Gasteiger charge is 2.30. The van der Waals surface area contributed by atoms with Crippen molar-refractivity contribution in [3.63, 3.8) is 0 Å². The minimum atomic E-state index is -0.726. The molecule has 0 amide bonds. The van der Waals surface area contributed by atoms with Crippen LogP contribution in [0.25, 0.3) is 10.8 Å². The predicted octanol–water partition coefficient (Wildman–Crippen LogP) is 2.07. The number of hydrogen-bond donors (Lipinski definition) is 2.